The fraction of sp³-hybridized carbons (Fsp3) is 0.600. The molecule has 0 saturated heterocycles. The molecular formula is C10H17N3O2S. The van der Waals surface area contributed by atoms with E-state index in [2.05, 4.69) is 10.3 Å². The topological polar surface area (TPSA) is 81.2 Å². The summed E-state index contributed by atoms with van der Waals surface area (Å²) in [6.07, 6.45) is 4.28. The standard InChI is InChI=1S/C10H17N3O2S/c1-7-5-12-9(15-7)6-13-10(14)8(11)3-4-16-2/h5,8H,3-4,6,11H2,1-2H3,(H,13,14)/t8-/m0/s1. The summed E-state index contributed by atoms with van der Waals surface area (Å²) in [7, 11) is 0. The van der Waals surface area contributed by atoms with E-state index in [4.69, 9.17) is 10.2 Å². The summed E-state index contributed by atoms with van der Waals surface area (Å²) in [6.45, 7) is 2.10. The molecule has 1 rings (SSSR count). The van der Waals surface area contributed by atoms with E-state index in [0.717, 1.165) is 11.5 Å². The van der Waals surface area contributed by atoms with Crippen molar-refractivity contribution >= 4 is 17.7 Å². The van der Waals surface area contributed by atoms with Crippen LogP contribution >= 0.6 is 11.8 Å². The van der Waals surface area contributed by atoms with Crippen molar-refractivity contribution in [3.63, 3.8) is 0 Å². The number of amides is 1. The number of hydrogen-bond donors (Lipinski definition) is 2. The van der Waals surface area contributed by atoms with Crippen LogP contribution in [0.25, 0.3) is 0 Å². The summed E-state index contributed by atoms with van der Waals surface area (Å²) in [6, 6.07) is -0.455. The minimum atomic E-state index is -0.455. The maximum atomic E-state index is 11.5. The Bertz CT molecular complexity index is 341. The smallest absolute Gasteiger partial charge is 0.237 e. The molecule has 0 fully saturated rings. The summed E-state index contributed by atoms with van der Waals surface area (Å²) >= 11 is 1.67. The third-order valence-corrected chi connectivity index (χ3v) is 2.70. The van der Waals surface area contributed by atoms with E-state index in [-0.39, 0.29) is 5.91 Å². The van der Waals surface area contributed by atoms with Crippen LogP contribution in [-0.4, -0.2) is 28.9 Å². The number of nitrogens with zero attached hydrogens (tertiary/aromatic N) is 1. The molecule has 0 unspecified atom stereocenters. The lowest BCUT2D eigenvalue weighted by molar-refractivity contribution is -0.122. The SMILES string of the molecule is CSCC[C@H](N)C(=O)NCc1ncc(C)o1. The first-order valence-electron chi connectivity index (χ1n) is 5.07. The number of rotatable bonds is 6. The van der Waals surface area contributed by atoms with Gasteiger partial charge in [-0.25, -0.2) is 4.98 Å². The van der Waals surface area contributed by atoms with E-state index in [0.29, 0.717) is 18.9 Å². The molecule has 0 aromatic carbocycles. The lowest BCUT2D eigenvalue weighted by Crippen LogP contribution is -2.40. The molecule has 0 aliphatic carbocycles. The van der Waals surface area contributed by atoms with Crippen molar-refractivity contribution in [3.8, 4) is 0 Å². The monoisotopic (exact) mass is 243 g/mol. The Morgan fingerprint density at radius 2 is 2.50 bits per heavy atom. The fourth-order valence-corrected chi connectivity index (χ4v) is 1.64. The molecule has 90 valence electrons. The van der Waals surface area contributed by atoms with Gasteiger partial charge in [-0.2, -0.15) is 11.8 Å². The second-order valence-electron chi connectivity index (χ2n) is 3.47. The van der Waals surface area contributed by atoms with E-state index < -0.39 is 6.04 Å². The summed E-state index contributed by atoms with van der Waals surface area (Å²) in [5, 5.41) is 2.69. The average Bonchev–Trinajstić information content (AvgIpc) is 2.68. The Labute approximate surface area is 99.2 Å². The zero-order valence-corrected chi connectivity index (χ0v) is 10.3. The van der Waals surface area contributed by atoms with Gasteiger partial charge in [0, 0.05) is 0 Å². The molecule has 1 aromatic heterocycles. The van der Waals surface area contributed by atoms with E-state index in [1.165, 1.54) is 0 Å². The number of carbonyl (C=O) groups is 1. The van der Waals surface area contributed by atoms with Crippen LogP contribution in [0.2, 0.25) is 0 Å². The van der Waals surface area contributed by atoms with Gasteiger partial charge in [-0.3, -0.25) is 4.79 Å². The minimum Gasteiger partial charge on any atom is -0.444 e. The lowest BCUT2D eigenvalue weighted by Gasteiger charge is -2.10. The summed E-state index contributed by atoms with van der Waals surface area (Å²) < 4.78 is 5.22. The third kappa shape index (κ3) is 4.24. The second kappa shape index (κ2) is 6.55. The predicted octanol–water partition coefficient (Wildman–Crippen LogP) is 0.680. The summed E-state index contributed by atoms with van der Waals surface area (Å²) in [5.41, 5.74) is 5.70. The van der Waals surface area contributed by atoms with Crippen LogP contribution in [0, 0.1) is 6.92 Å². The average molecular weight is 243 g/mol. The van der Waals surface area contributed by atoms with Gasteiger partial charge in [0.05, 0.1) is 18.8 Å². The van der Waals surface area contributed by atoms with Crippen LogP contribution in [0.3, 0.4) is 0 Å². The van der Waals surface area contributed by atoms with Gasteiger partial charge in [-0.1, -0.05) is 0 Å². The van der Waals surface area contributed by atoms with E-state index >= 15 is 0 Å². The van der Waals surface area contributed by atoms with Crippen molar-refractivity contribution in [1.82, 2.24) is 10.3 Å². The number of thioether (sulfide) groups is 1. The van der Waals surface area contributed by atoms with Gasteiger partial charge >= 0.3 is 0 Å². The fourth-order valence-electron chi connectivity index (χ4n) is 1.15. The highest BCUT2D eigenvalue weighted by Gasteiger charge is 2.13. The van der Waals surface area contributed by atoms with E-state index in [1.807, 2.05) is 13.2 Å². The Morgan fingerprint density at radius 3 is 3.06 bits per heavy atom. The molecule has 3 N–H and O–H groups in total. The first kappa shape index (κ1) is 13.1. The molecule has 1 amide bonds. The molecule has 1 aromatic rings. The Kier molecular flexibility index (Phi) is 5.34. The zero-order valence-electron chi connectivity index (χ0n) is 9.53. The molecule has 0 aliphatic rings. The second-order valence-corrected chi connectivity index (χ2v) is 4.46. The van der Waals surface area contributed by atoms with Crippen LogP contribution in [0.1, 0.15) is 18.1 Å². The summed E-state index contributed by atoms with van der Waals surface area (Å²) in [4.78, 5) is 15.5. The molecule has 1 heterocycles. The Hall–Kier alpha value is -1.01. The van der Waals surface area contributed by atoms with Gasteiger partial charge in [0.2, 0.25) is 11.8 Å². The predicted molar refractivity (Wildman–Crippen MR) is 64.1 cm³/mol. The highest BCUT2D eigenvalue weighted by atomic mass is 32.2. The summed E-state index contributed by atoms with van der Waals surface area (Å²) in [5.74, 6) is 1.95. The largest absolute Gasteiger partial charge is 0.444 e. The molecule has 0 aliphatic heterocycles. The van der Waals surface area contributed by atoms with Crippen LogP contribution in [0.4, 0.5) is 0 Å². The van der Waals surface area contributed by atoms with Crippen molar-refractivity contribution in [1.29, 1.82) is 0 Å². The normalized spacial score (nSPS) is 12.4. The zero-order chi connectivity index (χ0) is 12.0. The van der Waals surface area contributed by atoms with Gasteiger partial charge in [0.25, 0.3) is 0 Å². The molecule has 0 saturated carbocycles. The van der Waals surface area contributed by atoms with Crippen molar-refractivity contribution in [3.05, 3.63) is 17.8 Å². The van der Waals surface area contributed by atoms with Crippen molar-refractivity contribution in [2.75, 3.05) is 12.0 Å². The van der Waals surface area contributed by atoms with Gasteiger partial charge in [-0.05, 0) is 25.4 Å². The molecule has 1 atom stereocenters. The molecule has 16 heavy (non-hydrogen) atoms. The molecule has 5 nitrogen and oxygen atoms in total. The van der Waals surface area contributed by atoms with Crippen LogP contribution in [0.15, 0.2) is 10.6 Å². The lowest BCUT2D eigenvalue weighted by atomic mass is 10.2. The first-order valence-corrected chi connectivity index (χ1v) is 6.46. The molecule has 0 bridgehead atoms. The maximum absolute atomic E-state index is 11.5. The number of nitrogens with two attached hydrogens (primary N) is 1. The number of aryl methyl sites for hydroxylation is 1. The van der Waals surface area contributed by atoms with Crippen LogP contribution in [0.5, 0.6) is 0 Å². The van der Waals surface area contributed by atoms with Gasteiger partial charge in [0.15, 0.2) is 0 Å². The third-order valence-electron chi connectivity index (χ3n) is 2.05. The molecule has 0 radical (unpaired) electrons. The van der Waals surface area contributed by atoms with Gasteiger partial charge in [0.1, 0.15) is 5.76 Å². The number of hydrogen-bond acceptors (Lipinski definition) is 5. The van der Waals surface area contributed by atoms with Crippen LogP contribution in [-0.2, 0) is 11.3 Å². The number of oxazole rings is 1. The van der Waals surface area contributed by atoms with Crippen molar-refractivity contribution in [2.45, 2.75) is 25.9 Å². The van der Waals surface area contributed by atoms with E-state index in [1.54, 1.807) is 18.0 Å². The Morgan fingerprint density at radius 1 is 1.75 bits per heavy atom. The number of nitrogens with one attached hydrogen (secondary N) is 1. The molecule has 0 spiro atoms. The van der Waals surface area contributed by atoms with Crippen molar-refractivity contribution in [2.24, 2.45) is 5.73 Å². The molecular weight excluding hydrogens is 226 g/mol. The highest BCUT2D eigenvalue weighted by Crippen LogP contribution is 2.02. The number of carbonyl (C=O) groups excluding carboxylic acids is 1. The quantitative estimate of drug-likeness (QED) is 0.768. The van der Waals surface area contributed by atoms with Crippen molar-refractivity contribution < 1.29 is 9.21 Å². The van der Waals surface area contributed by atoms with Crippen LogP contribution < -0.4 is 11.1 Å². The minimum absolute atomic E-state index is 0.162. The first-order chi connectivity index (χ1) is 7.63. The highest BCUT2D eigenvalue weighted by molar-refractivity contribution is 7.98. The Balaban J connectivity index is 2.29. The maximum Gasteiger partial charge on any atom is 0.237 e. The van der Waals surface area contributed by atoms with E-state index in [9.17, 15) is 4.79 Å². The van der Waals surface area contributed by atoms with Gasteiger partial charge < -0.3 is 15.5 Å². The number of aromatic nitrogens is 1. The molecule has 6 heteroatoms. The van der Waals surface area contributed by atoms with Gasteiger partial charge in [-0.15, -0.1) is 0 Å².